The van der Waals surface area contributed by atoms with E-state index in [9.17, 15) is 13.8 Å². The van der Waals surface area contributed by atoms with Crippen LogP contribution in [0.3, 0.4) is 0 Å². The third-order valence-electron chi connectivity index (χ3n) is 3.88. The van der Waals surface area contributed by atoms with Crippen molar-refractivity contribution in [1.29, 1.82) is 0 Å². The molecule has 0 saturated carbocycles. The number of carbonyl (C=O) groups is 2. The Morgan fingerprint density at radius 3 is 2.70 bits per heavy atom. The molecule has 1 aliphatic heterocycles. The summed E-state index contributed by atoms with van der Waals surface area (Å²) in [7, 11) is -1.92. The largest absolute Gasteiger partial charge is 0.324 e. The molecule has 1 heterocycles. The van der Waals surface area contributed by atoms with E-state index in [-0.39, 0.29) is 15.8 Å². The van der Waals surface area contributed by atoms with Gasteiger partial charge in [-0.25, -0.2) is 5.84 Å². The molecule has 9 nitrogen and oxygen atoms in total. The number of anilines is 2. The van der Waals surface area contributed by atoms with Crippen LogP contribution in [0.15, 0.2) is 52.5 Å². The molecule has 3 rings (SSSR count). The van der Waals surface area contributed by atoms with Crippen LogP contribution in [0.4, 0.5) is 11.4 Å². The van der Waals surface area contributed by atoms with Crippen molar-refractivity contribution in [3.05, 3.63) is 52.5 Å². The van der Waals surface area contributed by atoms with Crippen LogP contribution in [0, 0.1) is 0 Å². The Balaban J connectivity index is 1.99. The fourth-order valence-electron chi connectivity index (χ4n) is 2.54. The van der Waals surface area contributed by atoms with Crippen LogP contribution < -0.4 is 27.3 Å². The van der Waals surface area contributed by atoms with Gasteiger partial charge in [0.2, 0.25) is 11.0 Å². The maximum atomic E-state index is 13.1. The van der Waals surface area contributed by atoms with Crippen LogP contribution in [0.2, 0.25) is 10.0 Å². The third kappa shape index (κ3) is 4.77. The van der Waals surface area contributed by atoms with Crippen molar-refractivity contribution >= 4 is 80.2 Å². The van der Waals surface area contributed by atoms with Gasteiger partial charge in [0.15, 0.2) is 11.0 Å². The molecular weight excluding hydrogens is 471 g/mol. The van der Waals surface area contributed by atoms with Crippen molar-refractivity contribution in [1.82, 2.24) is 10.9 Å². The Bertz CT molecular complexity index is 1090. The maximum absolute atomic E-state index is 13.1. The fourth-order valence-corrected chi connectivity index (χ4v) is 4.35. The number of nitrogens with one attached hydrogen (secondary N) is 4. The molecule has 0 saturated heterocycles. The molecule has 0 aromatic heterocycles. The molecule has 2 atom stereocenters. The summed E-state index contributed by atoms with van der Waals surface area (Å²) in [6, 6.07) is 11.0. The van der Waals surface area contributed by atoms with Gasteiger partial charge in [-0.05, 0) is 42.5 Å². The number of fused-ring (bicyclic) bond motifs is 1. The van der Waals surface area contributed by atoms with Crippen LogP contribution in [0.5, 0.6) is 0 Å². The molecule has 30 heavy (non-hydrogen) atoms. The Hall–Kier alpha value is -2.57. The van der Waals surface area contributed by atoms with E-state index >= 15 is 0 Å². The van der Waals surface area contributed by atoms with Gasteiger partial charge < -0.3 is 10.6 Å². The van der Waals surface area contributed by atoms with Gasteiger partial charge >= 0.3 is 0 Å². The second-order valence-corrected chi connectivity index (χ2v) is 8.58. The Kier molecular flexibility index (Phi) is 7.00. The Morgan fingerprint density at radius 2 is 1.97 bits per heavy atom. The topological polar surface area (TPSA) is 138 Å². The fraction of sp³-hybridized carbons (Fsp3) is 0.0588. The minimum Gasteiger partial charge on any atom is -0.324 e. The second kappa shape index (κ2) is 9.49. The number of amides is 2. The number of hydrazone groups is 1. The lowest BCUT2D eigenvalue weighted by molar-refractivity contribution is -0.116. The zero-order valence-corrected chi connectivity index (χ0v) is 18.1. The zero-order valence-electron chi connectivity index (χ0n) is 14.9. The molecule has 0 unspecified atom stereocenters. The minimum absolute atomic E-state index is 0.122. The molecule has 2 amide bonds. The molecule has 6 N–H and O–H groups in total. The van der Waals surface area contributed by atoms with Gasteiger partial charge in [0, 0.05) is 5.02 Å². The van der Waals surface area contributed by atoms with Crippen LogP contribution >= 0.6 is 35.4 Å². The van der Waals surface area contributed by atoms with E-state index in [1.165, 1.54) is 12.1 Å². The summed E-state index contributed by atoms with van der Waals surface area (Å²) in [5.74, 6) is 3.69. The molecule has 0 radical (unpaired) electrons. The highest BCUT2D eigenvalue weighted by molar-refractivity contribution is 7.88. The summed E-state index contributed by atoms with van der Waals surface area (Å²) in [6.45, 7) is 0. The van der Waals surface area contributed by atoms with Gasteiger partial charge in [-0.2, -0.15) is 5.10 Å². The first kappa shape index (κ1) is 22.1. The monoisotopic (exact) mass is 484 g/mol. The number of nitrogens with zero attached hydrogens (tertiary/aromatic N) is 1. The summed E-state index contributed by atoms with van der Waals surface area (Å²) in [6.07, 6.45) is 0. The van der Waals surface area contributed by atoms with Gasteiger partial charge in [-0.1, -0.05) is 35.3 Å². The summed E-state index contributed by atoms with van der Waals surface area (Å²) >= 11 is 16.9. The highest BCUT2D eigenvalue weighted by atomic mass is 35.5. The number of hydrogen-bond acceptors (Lipinski definition) is 6. The second-order valence-electron chi connectivity index (χ2n) is 5.82. The summed E-state index contributed by atoms with van der Waals surface area (Å²) in [5.41, 5.74) is 4.65. The first-order valence-corrected chi connectivity index (χ1v) is 10.6. The quantitative estimate of drug-likeness (QED) is 0.193. The Labute approximate surface area is 188 Å². The summed E-state index contributed by atoms with van der Waals surface area (Å²) < 4.78 is 13.1. The van der Waals surface area contributed by atoms with Gasteiger partial charge in [-0.15, -0.1) is 0 Å². The number of hydrazine groups is 1. The number of benzene rings is 2. The predicted octanol–water partition coefficient (Wildman–Crippen LogP) is 1.75. The lowest BCUT2D eigenvalue weighted by atomic mass is 10.2. The zero-order chi connectivity index (χ0) is 21.8. The normalized spacial score (nSPS) is 18.1. The van der Waals surface area contributed by atoms with E-state index in [2.05, 4.69) is 26.6 Å². The number of carbonyl (C=O) groups excluding carboxylic acids is 2. The molecule has 0 bridgehead atoms. The van der Waals surface area contributed by atoms with Crippen LogP contribution in [0.25, 0.3) is 0 Å². The molecule has 0 spiro atoms. The molecule has 2 aromatic carbocycles. The van der Waals surface area contributed by atoms with Crippen molar-refractivity contribution in [2.24, 2.45) is 10.9 Å². The highest BCUT2D eigenvalue weighted by Crippen LogP contribution is 2.29. The van der Waals surface area contributed by atoms with E-state index in [0.717, 1.165) is 0 Å². The van der Waals surface area contributed by atoms with Gasteiger partial charge in [0.05, 0.1) is 32.1 Å². The number of thiocarbonyl (C=S) groups is 1. The van der Waals surface area contributed by atoms with Crippen LogP contribution in [-0.4, -0.2) is 32.1 Å². The first-order chi connectivity index (χ1) is 14.3. The number of para-hydroxylation sites is 1. The first-order valence-electron chi connectivity index (χ1n) is 8.23. The molecular formula is C17H14Cl2N6O3S2. The summed E-state index contributed by atoms with van der Waals surface area (Å²) in [5, 5.41) is 8.01. The van der Waals surface area contributed by atoms with E-state index in [0.29, 0.717) is 15.6 Å². The predicted molar refractivity (Wildman–Crippen MR) is 121 cm³/mol. The van der Waals surface area contributed by atoms with Crippen molar-refractivity contribution in [3.8, 4) is 0 Å². The minimum atomic E-state index is -1.92. The smallest absolute Gasteiger partial charge is 0.273 e. The number of rotatable bonds is 4. The van der Waals surface area contributed by atoms with E-state index in [4.69, 9.17) is 41.3 Å². The standard InChI is InChI=1S/C17H14Cl2N6O3S2/c18-8-5-6-9(19)11(7-8)22-15(26)13(24-25-17(29)23-20)14-16(27)21-10-3-1-2-4-12(10)30(14)28/h1-7,14H,20H2,(H,21,27)(H,22,26)(H2,23,25,29)/b24-13+/t14-,30+/m0/s1. The average Bonchev–Trinajstić information content (AvgIpc) is 2.72. The molecule has 1 aliphatic rings. The highest BCUT2D eigenvalue weighted by Gasteiger charge is 2.40. The molecule has 2 aromatic rings. The van der Waals surface area contributed by atoms with Crippen LogP contribution in [-0.2, 0) is 20.4 Å². The van der Waals surface area contributed by atoms with Gasteiger partial charge in [0.1, 0.15) is 0 Å². The molecule has 13 heteroatoms. The lowest BCUT2D eigenvalue weighted by Crippen LogP contribution is -2.48. The van der Waals surface area contributed by atoms with Crippen molar-refractivity contribution in [2.45, 2.75) is 10.1 Å². The maximum Gasteiger partial charge on any atom is 0.273 e. The summed E-state index contributed by atoms with van der Waals surface area (Å²) in [4.78, 5) is 26.0. The number of halogens is 2. The Morgan fingerprint density at radius 1 is 1.23 bits per heavy atom. The van der Waals surface area contributed by atoms with E-state index < -0.39 is 33.6 Å². The molecule has 156 valence electrons. The van der Waals surface area contributed by atoms with Crippen molar-refractivity contribution < 1.29 is 13.8 Å². The van der Waals surface area contributed by atoms with Gasteiger partial charge in [0.25, 0.3) is 5.91 Å². The molecule has 0 fully saturated rings. The average molecular weight is 485 g/mol. The van der Waals surface area contributed by atoms with Crippen LogP contribution in [0.1, 0.15) is 0 Å². The molecule has 0 aliphatic carbocycles. The lowest BCUT2D eigenvalue weighted by Gasteiger charge is -2.24. The SMILES string of the molecule is NNC(=S)N/N=C(/C(=O)Nc1cc(Cl)ccc1Cl)[C@H]1C(=O)Nc2ccccc2[S@]1=O. The third-order valence-corrected chi connectivity index (χ3v) is 6.31. The van der Waals surface area contributed by atoms with Gasteiger partial charge in [-0.3, -0.25) is 24.6 Å². The number of nitrogens with two attached hydrogens (primary N) is 1. The van der Waals surface area contributed by atoms with E-state index in [1.807, 2.05) is 0 Å². The number of hydrogen-bond donors (Lipinski definition) is 5. The van der Waals surface area contributed by atoms with Crippen molar-refractivity contribution in [3.63, 3.8) is 0 Å². The van der Waals surface area contributed by atoms with E-state index in [1.54, 1.807) is 30.3 Å². The van der Waals surface area contributed by atoms with Crippen molar-refractivity contribution in [2.75, 3.05) is 10.6 Å².